The van der Waals surface area contributed by atoms with Gasteiger partial charge in [0.1, 0.15) is 11.2 Å². The number of anilines is 3. The van der Waals surface area contributed by atoms with Crippen LogP contribution in [0.5, 0.6) is 0 Å². The molecule has 0 N–H and O–H groups in total. The third kappa shape index (κ3) is 5.46. The third-order valence-electron chi connectivity index (χ3n) is 14.0. The SMILES string of the molecule is c1ccc(-c2ccc(N(c3ccc(-c4ccccc4)cc3)c3ccccc3-c3cccc4oc5c6ccccc6c(C67CC8CC(CC(C8)C6)C7)cc5c34)cc2)cc1. The maximum Gasteiger partial charge on any atom is 0.143 e. The van der Waals surface area contributed by atoms with E-state index in [0.717, 1.165) is 46.0 Å². The maximum atomic E-state index is 6.97. The van der Waals surface area contributed by atoms with Crippen LogP contribution >= 0.6 is 0 Å². The van der Waals surface area contributed by atoms with E-state index in [1.54, 1.807) is 5.56 Å². The lowest BCUT2D eigenvalue weighted by Crippen LogP contribution is -2.48. The first-order valence-electron chi connectivity index (χ1n) is 21.3. The minimum atomic E-state index is 0.258. The molecule has 0 radical (unpaired) electrons. The number of furan rings is 1. The van der Waals surface area contributed by atoms with Crippen molar-refractivity contribution in [3.63, 3.8) is 0 Å². The van der Waals surface area contributed by atoms with E-state index in [1.165, 1.54) is 93.5 Å². The molecule has 13 rings (SSSR count). The van der Waals surface area contributed by atoms with Crippen LogP contribution in [0.1, 0.15) is 44.1 Å². The van der Waals surface area contributed by atoms with Gasteiger partial charge in [-0.3, -0.25) is 0 Å². The van der Waals surface area contributed by atoms with Crippen molar-refractivity contribution in [1.29, 1.82) is 0 Å². The second-order valence-corrected chi connectivity index (χ2v) is 17.5. The fraction of sp³-hybridized carbons (Fsp3) is 0.179. The lowest BCUT2D eigenvalue weighted by molar-refractivity contribution is -0.00444. The highest BCUT2D eigenvalue weighted by Gasteiger charge is 2.52. The average Bonchev–Trinajstić information content (AvgIpc) is 3.67. The highest BCUT2D eigenvalue weighted by Crippen LogP contribution is 2.62. The molecule has 0 unspecified atom stereocenters. The van der Waals surface area contributed by atoms with Crippen molar-refractivity contribution in [3.8, 4) is 33.4 Å². The van der Waals surface area contributed by atoms with E-state index in [-0.39, 0.29) is 5.41 Å². The molecule has 4 aliphatic carbocycles. The summed E-state index contributed by atoms with van der Waals surface area (Å²) in [5.41, 5.74) is 14.3. The molecule has 9 aromatic rings. The Hall–Kier alpha value is -6.38. The molecule has 4 saturated carbocycles. The predicted octanol–water partition coefficient (Wildman–Crippen LogP) is 15.7. The summed E-state index contributed by atoms with van der Waals surface area (Å²) >= 11 is 0. The number of hydrogen-bond donors (Lipinski definition) is 0. The Morgan fingerprint density at radius 2 is 0.931 bits per heavy atom. The molecule has 1 heterocycles. The van der Waals surface area contributed by atoms with Crippen LogP contribution in [0, 0.1) is 17.8 Å². The molecule has 58 heavy (non-hydrogen) atoms. The largest absolute Gasteiger partial charge is 0.455 e. The fourth-order valence-corrected chi connectivity index (χ4v) is 11.9. The minimum absolute atomic E-state index is 0.258. The highest BCUT2D eigenvalue weighted by atomic mass is 16.3. The molecule has 0 aliphatic heterocycles. The molecule has 0 saturated heterocycles. The van der Waals surface area contributed by atoms with Gasteiger partial charge in [-0.2, -0.15) is 0 Å². The summed E-state index contributed by atoms with van der Waals surface area (Å²) in [7, 11) is 0. The minimum Gasteiger partial charge on any atom is -0.455 e. The van der Waals surface area contributed by atoms with Gasteiger partial charge in [0, 0.05) is 33.1 Å². The topological polar surface area (TPSA) is 16.4 Å². The van der Waals surface area contributed by atoms with Gasteiger partial charge in [0.2, 0.25) is 0 Å². The van der Waals surface area contributed by atoms with E-state index < -0.39 is 0 Å². The molecular formula is C56H45NO. The van der Waals surface area contributed by atoms with Gasteiger partial charge in [0.05, 0.1) is 5.69 Å². The van der Waals surface area contributed by atoms with Crippen molar-refractivity contribution < 1.29 is 4.42 Å². The van der Waals surface area contributed by atoms with Crippen LogP contribution < -0.4 is 4.90 Å². The lowest BCUT2D eigenvalue weighted by atomic mass is 9.47. The van der Waals surface area contributed by atoms with E-state index >= 15 is 0 Å². The van der Waals surface area contributed by atoms with Crippen LogP contribution in [0.4, 0.5) is 17.1 Å². The van der Waals surface area contributed by atoms with Crippen molar-refractivity contribution in [2.24, 2.45) is 17.8 Å². The van der Waals surface area contributed by atoms with Crippen LogP contribution in [0.15, 0.2) is 186 Å². The van der Waals surface area contributed by atoms with Crippen LogP contribution in [-0.2, 0) is 5.41 Å². The fourth-order valence-electron chi connectivity index (χ4n) is 11.9. The number of nitrogens with zero attached hydrogens (tertiary/aromatic N) is 1. The van der Waals surface area contributed by atoms with Gasteiger partial charge >= 0.3 is 0 Å². The van der Waals surface area contributed by atoms with Gasteiger partial charge in [-0.15, -0.1) is 0 Å². The third-order valence-corrected chi connectivity index (χ3v) is 14.0. The summed E-state index contributed by atoms with van der Waals surface area (Å²) in [6.07, 6.45) is 8.32. The molecular weight excluding hydrogens is 703 g/mol. The molecule has 4 aliphatic rings. The van der Waals surface area contributed by atoms with Crippen molar-refractivity contribution >= 4 is 49.8 Å². The molecule has 2 heteroatoms. The quantitative estimate of drug-likeness (QED) is 0.161. The molecule has 8 aromatic carbocycles. The van der Waals surface area contributed by atoms with Gasteiger partial charge in [-0.25, -0.2) is 0 Å². The van der Waals surface area contributed by atoms with Gasteiger partial charge < -0.3 is 9.32 Å². The standard InChI is InChI=1S/C56H45NO/c1-3-12-40(13-4-1)42-22-26-44(27-23-42)57(45-28-24-43(25-29-45)41-14-5-2-6-15-41)52-20-10-9-17-47(52)48-19-11-21-53-54(48)50-33-51(46-16-7-8-18-49(46)55(50)58-53)56-34-37-30-38(35-56)32-39(31-37)36-56/h1-29,33,37-39H,30-32,34-36H2. The molecule has 1 aromatic heterocycles. The molecule has 4 bridgehead atoms. The van der Waals surface area contributed by atoms with Gasteiger partial charge in [0.25, 0.3) is 0 Å². The van der Waals surface area contributed by atoms with E-state index in [4.69, 9.17) is 4.42 Å². The lowest BCUT2D eigenvalue weighted by Gasteiger charge is -2.57. The summed E-state index contributed by atoms with van der Waals surface area (Å²) in [6.45, 7) is 0. The first-order valence-corrected chi connectivity index (χ1v) is 21.3. The molecule has 2 nitrogen and oxygen atoms in total. The van der Waals surface area contributed by atoms with Gasteiger partial charge in [0.15, 0.2) is 0 Å². The predicted molar refractivity (Wildman–Crippen MR) is 242 cm³/mol. The van der Waals surface area contributed by atoms with E-state index in [9.17, 15) is 0 Å². The summed E-state index contributed by atoms with van der Waals surface area (Å²) in [5.74, 6) is 2.62. The van der Waals surface area contributed by atoms with Crippen molar-refractivity contribution in [1.82, 2.24) is 0 Å². The van der Waals surface area contributed by atoms with Gasteiger partial charge in [-0.05, 0) is 143 Å². The van der Waals surface area contributed by atoms with E-state index in [2.05, 4.69) is 187 Å². The first kappa shape index (κ1) is 33.7. The van der Waals surface area contributed by atoms with Crippen LogP contribution in [0.3, 0.4) is 0 Å². The van der Waals surface area contributed by atoms with Gasteiger partial charge in [-0.1, -0.05) is 140 Å². The second kappa shape index (κ2) is 13.4. The number of rotatable bonds is 7. The monoisotopic (exact) mass is 747 g/mol. The zero-order valence-electron chi connectivity index (χ0n) is 32.7. The zero-order valence-corrected chi connectivity index (χ0v) is 32.7. The number of para-hydroxylation sites is 1. The molecule has 0 atom stereocenters. The summed E-state index contributed by atoms with van der Waals surface area (Å²) in [6, 6.07) is 66.6. The second-order valence-electron chi connectivity index (χ2n) is 17.5. The average molecular weight is 748 g/mol. The molecule has 0 amide bonds. The Kier molecular flexibility index (Phi) is 7.76. The van der Waals surface area contributed by atoms with E-state index in [0.29, 0.717) is 0 Å². The molecule has 4 fully saturated rings. The van der Waals surface area contributed by atoms with Crippen LogP contribution in [0.25, 0.3) is 66.1 Å². The van der Waals surface area contributed by atoms with Crippen LogP contribution in [0.2, 0.25) is 0 Å². The maximum absolute atomic E-state index is 6.97. The summed E-state index contributed by atoms with van der Waals surface area (Å²) in [4.78, 5) is 2.43. The van der Waals surface area contributed by atoms with Crippen molar-refractivity contribution in [2.45, 2.75) is 43.9 Å². The Morgan fingerprint density at radius 3 is 1.53 bits per heavy atom. The highest BCUT2D eigenvalue weighted by molar-refractivity contribution is 6.20. The number of hydrogen-bond acceptors (Lipinski definition) is 2. The number of fused-ring (bicyclic) bond motifs is 5. The molecule has 0 spiro atoms. The number of benzene rings is 8. The summed E-state index contributed by atoms with van der Waals surface area (Å²) < 4.78 is 6.97. The Labute approximate surface area is 340 Å². The Balaban J connectivity index is 1.05. The first-order chi connectivity index (χ1) is 28.7. The molecule has 280 valence electrons. The zero-order chi connectivity index (χ0) is 38.2. The van der Waals surface area contributed by atoms with Crippen molar-refractivity contribution in [3.05, 3.63) is 188 Å². The smallest absolute Gasteiger partial charge is 0.143 e. The van der Waals surface area contributed by atoms with Crippen molar-refractivity contribution in [2.75, 3.05) is 4.90 Å². The summed E-state index contributed by atoms with van der Waals surface area (Å²) in [5, 5.41) is 5.10. The Morgan fingerprint density at radius 1 is 0.431 bits per heavy atom. The Bertz CT molecular complexity index is 2840. The van der Waals surface area contributed by atoms with E-state index in [1.807, 2.05) is 0 Å². The normalized spacial score (nSPS) is 20.9. The van der Waals surface area contributed by atoms with Crippen LogP contribution in [-0.4, -0.2) is 0 Å².